The third kappa shape index (κ3) is 6.75. The second-order valence-corrected chi connectivity index (χ2v) is 20.9. The SMILES string of the molecule is CC1(c2ccccc2)c2ccccc2-c2ccc(N(c3ccc(-c4cc(-c5ccccc5)cc(-c5ccccc5)c4)cc3)c3cccc4c3-c3ccccc3C43c4ccccc4N(c4ccccc4)c4ccccc43)cc21. The minimum absolute atomic E-state index is 0.381. The van der Waals surface area contributed by atoms with Crippen LogP contribution in [0.1, 0.15) is 45.9 Å². The molecule has 1 atom stereocenters. The van der Waals surface area contributed by atoms with E-state index in [0.717, 1.165) is 28.3 Å². The van der Waals surface area contributed by atoms with Gasteiger partial charge in [0.15, 0.2) is 0 Å². The molecule has 2 aliphatic carbocycles. The van der Waals surface area contributed by atoms with Crippen LogP contribution in [0.25, 0.3) is 55.6 Å². The highest BCUT2D eigenvalue weighted by Gasteiger charge is 2.52. The quantitative estimate of drug-likeness (QED) is 0.150. The van der Waals surface area contributed by atoms with Crippen molar-refractivity contribution in [3.05, 3.63) is 336 Å². The Morgan fingerprint density at radius 3 is 1.36 bits per heavy atom. The average Bonchev–Trinajstić information content (AvgIpc) is 4.16. The highest BCUT2D eigenvalue weighted by atomic mass is 15.2. The Bertz CT molecular complexity index is 4120. The molecule has 362 valence electrons. The fourth-order valence-electron chi connectivity index (χ4n) is 13.5. The van der Waals surface area contributed by atoms with Gasteiger partial charge in [0.25, 0.3) is 0 Å². The first-order valence-electron chi connectivity index (χ1n) is 26.8. The third-order valence-electron chi connectivity index (χ3n) is 16.9. The maximum absolute atomic E-state index is 2.54. The zero-order chi connectivity index (χ0) is 51.1. The van der Waals surface area contributed by atoms with Crippen molar-refractivity contribution in [3.8, 4) is 55.6 Å². The molecule has 1 heterocycles. The first kappa shape index (κ1) is 44.7. The van der Waals surface area contributed by atoms with Gasteiger partial charge in [-0.15, -0.1) is 0 Å². The molecule has 12 aromatic rings. The van der Waals surface area contributed by atoms with Crippen LogP contribution < -0.4 is 9.80 Å². The van der Waals surface area contributed by atoms with Crippen LogP contribution in [-0.4, -0.2) is 0 Å². The molecular formula is C75H52N2. The lowest BCUT2D eigenvalue weighted by Crippen LogP contribution is -2.36. The molecule has 1 unspecified atom stereocenters. The molecule has 3 aliphatic rings. The van der Waals surface area contributed by atoms with Gasteiger partial charge in [-0.1, -0.05) is 224 Å². The normalized spacial score (nSPS) is 14.9. The van der Waals surface area contributed by atoms with Crippen LogP contribution in [0.15, 0.2) is 297 Å². The third-order valence-corrected chi connectivity index (χ3v) is 16.9. The van der Waals surface area contributed by atoms with Crippen LogP contribution in [0, 0.1) is 0 Å². The molecule has 0 saturated carbocycles. The minimum Gasteiger partial charge on any atom is -0.310 e. The second kappa shape index (κ2) is 17.7. The zero-order valence-corrected chi connectivity index (χ0v) is 42.7. The lowest BCUT2D eigenvalue weighted by molar-refractivity contribution is 0.714. The summed E-state index contributed by atoms with van der Waals surface area (Å²) in [6.07, 6.45) is 0. The van der Waals surface area contributed by atoms with Crippen molar-refractivity contribution in [2.75, 3.05) is 9.80 Å². The van der Waals surface area contributed by atoms with E-state index in [1.807, 2.05) is 0 Å². The van der Waals surface area contributed by atoms with Crippen molar-refractivity contribution < 1.29 is 0 Å². The summed E-state index contributed by atoms with van der Waals surface area (Å²) < 4.78 is 0. The van der Waals surface area contributed by atoms with E-state index in [1.165, 1.54) is 100 Å². The first-order chi connectivity index (χ1) is 38.1. The van der Waals surface area contributed by atoms with Gasteiger partial charge in [-0.3, -0.25) is 0 Å². The number of anilines is 6. The minimum atomic E-state index is -0.610. The van der Waals surface area contributed by atoms with Gasteiger partial charge >= 0.3 is 0 Å². The van der Waals surface area contributed by atoms with Crippen LogP contribution in [-0.2, 0) is 10.8 Å². The summed E-state index contributed by atoms with van der Waals surface area (Å²) in [6.45, 7) is 2.42. The molecule has 0 fully saturated rings. The first-order valence-corrected chi connectivity index (χ1v) is 26.8. The molecule has 0 aromatic heterocycles. The maximum Gasteiger partial charge on any atom is 0.0755 e. The zero-order valence-electron chi connectivity index (χ0n) is 42.7. The predicted octanol–water partition coefficient (Wildman–Crippen LogP) is 19.6. The Hall–Kier alpha value is -9.76. The van der Waals surface area contributed by atoms with Crippen molar-refractivity contribution >= 4 is 34.1 Å². The molecule has 2 heteroatoms. The highest BCUT2D eigenvalue weighted by molar-refractivity contribution is 6.02. The summed E-state index contributed by atoms with van der Waals surface area (Å²) in [5.74, 6) is 0. The maximum atomic E-state index is 2.54. The van der Waals surface area contributed by atoms with Crippen molar-refractivity contribution in [1.29, 1.82) is 0 Å². The number of benzene rings is 12. The second-order valence-electron chi connectivity index (χ2n) is 20.9. The molecule has 0 saturated heterocycles. The summed E-state index contributed by atoms with van der Waals surface area (Å²) in [7, 11) is 0. The van der Waals surface area contributed by atoms with Gasteiger partial charge in [-0.2, -0.15) is 0 Å². The number of rotatable bonds is 8. The summed E-state index contributed by atoms with van der Waals surface area (Å²) in [5.41, 5.74) is 27.0. The molecule has 0 bridgehead atoms. The fraction of sp³-hybridized carbons (Fsp3) is 0.0400. The van der Waals surface area contributed by atoms with Gasteiger partial charge in [0.05, 0.1) is 22.5 Å². The summed E-state index contributed by atoms with van der Waals surface area (Å²) >= 11 is 0. The molecule has 1 spiro atoms. The number of hydrogen-bond donors (Lipinski definition) is 0. The summed E-state index contributed by atoms with van der Waals surface area (Å²) in [6, 6.07) is 110. The van der Waals surface area contributed by atoms with E-state index in [0.29, 0.717) is 0 Å². The van der Waals surface area contributed by atoms with Crippen LogP contribution in [0.4, 0.5) is 34.1 Å². The van der Waals surface area contributed by atoms with Crippen LogP contribution in [0.2, 0.25) is 0 Å². The summed E-state index contributed by atoms with van der Waals surface area (Å²) in [5, 5.41) is 0. The molecule has 15 rings (SSSR count). The lowest BCUT2D eigenvalue weighted by atomic mass is 9.64. The van der Waals surface area contributed by atoms with Gasteiger partial charge in [0.2, 0.25) is 0 Å². The van der Waals surface area contributed by atoms with Crippen molar-refractivity contribution in [2.24, 2.45) is 0 Å². The molecular weight excluding hydrogens is 929 g/mol. The van der Waals surface area contributed by atoms with Crippen molar-refractivity contribution in [2.45, 2.75) is 17.8 Å². The molecule has 0 amide bonds. The van der Waals surface area contributed by atoms with Crippen LogP contribution in [0.3, 0.4) is 0 Å². The standard InChI is InChI=1S/C75H52N2/c1-74(57-27-10-4-11-28-57)64-33-16-14-31-61(64)62-46-45-60(50-69(62)74)76(59-43-41-53(42-44-59)56-48-54(51-23-6-2-7-24-51)47-55(49-56)52-25-8-3-9-26-52)72-40-22-37-68-73(72)63-32-15-17-34-65(63)75(68)66-35-18-20-38-70(66)77(58-29-12-5-13-30-58)71-39-21-19-36-67(71)75/h2-50H,1H3. The fourth-order valence-corrected chi connectivity index (χ4v) is 13.5. The van der Waals surface area contributed by atoms with Gasteiger partial charge in [-0.05, 0) is 169 Å². The largest absolute Gasteiger partial charge is 0.310 e. The number of hydrogen-bond acceptors (Lipinski definition) is 2. The molecule has 1 aliphatic heterocycles. The molecule has 77 heavy (non-hydrogen) atoms. The molecule has 0 radical (unpaired) electrons. The Kier molecular flexibility index (Phi) is 10.3. The highest BCUT2D eigenvalue weighted by Crippen LogP contribution is 2.65. The monoisotopic (exact) mass is 980 g/mol. The van der Waals surface area contributed by atoms with Gasteiger partial charge < -0.3 is 9.80 Å². The summed E-state index contributed by atoms with van der Waals surface area (Å²) in [4.78, 5) is 5.00. The average molecular weight is 981 g/mol. The van der Waals surface area contributed by atoms with Crippen LogP contribution in [0.5, 0.6) is 0 Å². The lowest BCUT2D eigenvalue weighted by Gasteiger charge is -2.45. The Morgan fingerprint density at radius 2 is 0.753 bits per heavy atom. The van der Waals surface area contributed by atoms with Gasteiger partial charge in [0, 0.05) is 28.0 Å². The smallest absolute Gasteiger partial charge is 0.0755 e. The van der Waals surface area contributed by atoms with E-state index in [2.05, 4.69) is 314 Å². The van der Waals surface area contributed by atoms with E-state index in [1.54, 1.807) is 0 Å². The van der Waals surface area contributed by atoms with E-state index in [9.17, 15) is 0 Å². The Labute approximate surface area is 451 Å². The van der Waals surface area contributed by atoms with Crippen molar-refractivity contribution in [3.63, 3.8) is 0 Å². The van der Waals surface area contributed by atoms with E-state index in [4.69, 9.17) is 0 Å². The predicted molar refractivity (Wildman–Crippen MR) is 320 cm³/mol. The van der Waals surface area contributed by atoms with E-state index < -0.39 is 5.41 Å². The molecule has 12 aromatic carbocycles. The Morgan fingerprint density at radius 1 is 0.299 bits per heavy atom. The van der Waals surface area contributed by atoms with Gasteiger partial charge in [-0.25, -0.2) is 0 Å². The number of para-hydroxylation sites is 3. The Balaban J connectivity index is 0.968. The number of fused-ring (bicyclic) bond motifs is 12. The van der Waals surface area contributed by atoms with Crippen LogP contribution >= 0.6 is 0 Å². The van der Waals surface area contributed by atoms with Gasteiger partial charge in [0.1, 0.15) is 0 Å². The molecule has 0 N–H and O–H groups in total. The number of nitrogens with zero attached hydrogens (tertiary/aromatic N) is 2. The van der Waals surface area contributed by atoms with E-state index in [-0.39, 0.29) is 5.41 Å². The topological polar surface area (TPSA) is 6.48 Å². The van der Waals surface area contributed by atoms with Crippen molar-refractivity contribution in [1.82, 2.24) is 0 Å². The molecule has 2 nitrogen and oxygen atoms in total. The van der Waals surface area contributed by atoms with E-state index >= 15 is 0 Å².